The van der Waals surface area contributed by atoms with E-state index in [1.807, 2.05) is 0 Å². The van der Waals surface area contributed by atoms with Gasteiger partial charge in [0.25, 0.3) is 0 Å². The van der Waals surface area contributed by atoms with E-state index in [1.165, 1.54) is 62.8 Å². The Morgan fingerprint density at radius 1 is 0.767 bits per heavy atom. The van der Waals surface area contributed by atoms with Crippen molar-refractivity contribution >= 4 is 24.2 Å². The molecule has 0 rings (SSSR count). The summed E-state index contributed by atoms with van der Waals surface area (Å²) in [6.45, 7) is 7.07. The molecule has 0 spiro atoms. The third-order valence-electron chi connectivity index (χ3n) is 5.54. The van der Waals surface area contributed by atoms with Gasteiger partial charge in [0.15, 0.2) is 5.78 Å². The van der Waals surface area contributed by atoms with Gasteiger partial charge in [0.1, 0.15) is 6.54 Å². The highest BCUT2D eigenvalue weighted by atomic mass is 32.1. The van der Waals surface area contributed by atoms with E-state index in [9.17, 15) is 9.59 Å². The lowest BCUT2D eigenvalue weighted by molar-refractivity contribution is -0.145. The summed E-state index contributed by atoms with van der Waals surface area (Å²) < 4.78 is 9.02. The molecule has 0 bridgehead atoms. The molecule has 6 heteroatoms. The van der Waals surface area contributed by atoms with Gasteiger partial charge in [-0.2, -0.15) is 0 Å². The van der Waals surface area contributed by atoms with Crippen LogP contribution in [0.3, 0.4) is 0 Å². The Morgan fingerprint density at radius 3 is 1.77 bits per heavy atom. The molecule has 0 aromatic carbocycles. The summed E-state index contributed by atoms with van der Waals surface area (Å²) >= 11 is 4.81. The first-order chi connectivity index (χ1) is 14.6. The van der Waals surface area contributed by atoms with Gasteiger partial charge in [-0.1, -0.05) is 97.8 Å². The van der Waals surface area contributed by atoms with E-state index in [2.05, 4.69) is 25.2 Å². The SMILES string of the molecule is CCCCCCCOC(=O)CN(CC(=O)C(CCCCCC)CCCCCC)N=S. The molecule has 0 atom stereocenters. The Labute approximate surface area is 190 Å². The second-order valence-corrected chi connectivity index (χ2v) is 8.56. The number of nitrogens with zero attached hydrogens (tertiary/aromatic N) is 2. The van der Waals surface area contributed by atoms with Gasteiger partial charge in [0.05, 0.1) is 25.6 Å². The van der Waals surface area contributed by atoms with Gasteiger partial charge in [-0.3, -0.25) is 14.6 Å². The van der Waals surface area contributed by atoms with E-state index in [4.69, 9.17) is 17.2 Å². The van der Waals surface area contributed by atoms with Crippen molar-refractivity contribution in [3.05, 3.63) is 0 Å². The Bertz CT molecular complexity index is 434. The zero-order chi connectivity index (χ0) is 22.5. The van der Waals surface area contributed by atoms with Gasteiger partial charge in [-0.15, -0.1) is 4.47 Å². The highest BCUT2D eigenvalue weighted by Crippen LogP contribution is 2.20. The molecule has 0 saturated heterocycles. The Balaban J connectivity index is 4.40. The molecule has 0 aliphatic heterocycles. The van der Waals surface area contributed by atoms with Crippen LogP contribution < -0.4 is 0 Å². The summed E-state index contributed by atoms with van der Waals surface area (Å²) in [4.78, 5) is 24.9. The molecule has 0 fully saturated rings. The van der Waals surface area contributed by atoms with E-state index in [-0.39, 0.29) is 30.8 Å². The normalized spacial score (nSPS) is 10.9. The lowest BCUT2D eigenvalue weighted by atomic mass is 9.90. The van der Waals surface area contributed by atoms with Crippen LogP contribution in [0.2, 0.25) is 0 Å². The van der Waals surface area contributed by atoms with Crippen LogP contribution in [0.4, 0.5) is 0 Å². The summed E-state index contributed by atoms with van der Waals surface area (Å²) in [5.74, 6) is -0.147. The van der Waals surface area contributed by atoms with Crippen molar-refractivity contribution in [2.75, 3.05) is 19.7 Å². The Kier molecular flexibility index (Phi) is 20.5. The molecular formula is C24H46N2O3S. The van der Waals surface area contributed by atoms with Crippen LogP contribution in [0.5, 0.6) is 0 Å². The molecule has 176 valence electrons. The van der Waals surface area contributed by atoms with E-state index in [0.29, 0.717) is 6.61 Å². The first-order valence-electron chi connectivity index (χ1n) is 12.3. The third kappa shape index (κ3) is 16.7. The predicted octanol–water partition coefficient (Wildman–Crippen LogP) is 6.57. The third-order valence-corrected chi connectivity index (χ3v) is 5.77. The summed E-state index contributed by atoms with van der Waals surface area (Å²) in [7, 11) is 0. The minimum absolute atomic E-state index is 0.0391. The zero-order valence-corrected chi connectivity index (χ0v) is 20.6. The van der Waals surface area contributed by atoms with Crippen LogP contribution in [0.1, 0.15) is 117 Å². The van der Waals surface area contributed by atoms with Crippen molar-refractivity contribution in [3.8, 4) is 0 Å². The number of hydrogen-bond donors (Lipinski definition) is 0. The number of unbranched alkanes of at least 4 members (excludes halogenated alkanes) is 10. The number of carbonyl (C=O) groups is 2. The van der Waals surface area contributed by atoms with Crippen LogP contribution in [0.25, 0.3) is 0 Å². The average molecular weight is 443 g/mol. The van der Waals surface area contributed by atoms with Crippen LogP contribution >= 0.6 is 0 Å². The smallest absolute Gasteiger partial charge is 0.327 e. The molecule has 0 saturated carbocycles. The number of carbonyl (C=O) groups excluding carboxylic acids is 2. The van der Waals surface area contributed by atoms with Gasteiger partial charge in [-0.05, 0) is 19.3 Å². The van der Waals surface area contributed by atoms with Crippen LogP contribution in [-0.2, 0) is 26.8 Å². The minimum Gasteiger partial charge on any atom is -0.464 e. The van der Waals surface area contributed by atoms with Gasteiger partial charge >= 0.3 is 5.97 Å². The lowest BCUT2D eigenvalue weighted by Gasteiger charge is -2.20. The fourth-order valence-electron chi connectivity index (χ4n) is 3.61. The molecule has 30 heavy (non-hydrogen) atoms. The summed E-state index contributed by atoms with van der Waals surface area (Å²) in [6.07, 6.45) is 16.7. The van der Waals surface area contributed by atoms with Crippen LogP contribution in [0, 0.1) is 5.92 Å². The van der Waals surface area contributed by atoms with Gasteiger partial charge < -0.3 is 4.74 Å². The monoisotopic (exact) mass is 442 g/mol. The molecule has 5 nitrogen and oxygen atoms in total. The first kappa shape index (κ1) is 29.0. The molecular weight excluding hydrogens is 396 g/mol. The molecule has 0 heterocycles. The number of ketones is 1. The van der Waals surface area contributed by atoms with Crippen LogP contribution in [-0.4, -0.2) is 36.5 Å². The average Bonchev–Trinajstić information content (AvgIpc) is 2.74. The van der Waals surface area contributed by atoms with Gasteiger partial charge in [-0.25, -0.2) is 0 Å². The van der Waals surface area contributed by atoms with Gasteiger partial charge in [0, 0.05) is 5.92 Å². The van der Waals surface area contributed by atoms with E-state index in [1.54, 1.807) is 0 Å². The van der Waals surface area contributed by atoms with Crippen molar-refractivity contribution in [1.82, 2.24) is 5.01 Å². The van der Waals surface area contributed by atoms with Crippen LogP contribution in [0.15, 0.2) is 4.47 Å². The number of hydrogen-bond acceptors (Lipinski definition) is 5. The molecule has 0 unspecified atom stereocenters. The predicted molar refractivity (Wildman–Crippen MR) is 127 cm³/mol. The fourth-order valence-corrected chi connectivity index (χ4v) is 3.73. The van der Waals surface area contributed by atoms with E-state index in [0.717, 1.165) is 38.5 Å². The maximum absolute atomic E-state index is 12.9. The molecule has 0 aromatic rings. The van der Waals surface area contributed by atoms with Gasteiger partial charge in [0.2, 0.25) is 0 Å². The molecule has 0 aromatic heterocycles. The van der Waals surface area contributed by atoms with E-state index >= 15 is 0 Å². The van der Waals surface area contributed by atoms with Crippen molar-refractivity contribution in [2.24, 2.45) is 10.4 Å². The molecule has 0 aliphatic rings. The first-order valence-corrected chi connectivity index (χ1v) is 12.7. The van der Waals surface area contributed by atoms with Crippen molar-refractivity contribution in [1.29, 1.82) is 0 Å². The number of ether oxygens (including phenoxy) is 1. The molecule has 0 N–H and O–H groups in total. The highest BCUT2D eigenvalue weighted by Gasteiger charge is 2.21. The minimum atomic E-state index is -0.352. The van der Waals surface area contributed by atoms with Crippen molar-refractivity contribution in [3.63, 3.8) is 0 Å². The second-order valence-electron chi connectivity index (χ2n) is 8.40. The lowest BCUT2D eigenvalue weighted by Crippen LogP contribution is -2.34. The maximum atomic E-state index is 12.9. The highest BCUT2D eigenvalue weighted by molar-refractivity contribution is 7.47. The Morgan fingerprint density at radius 2 is 1.27 bits per heavy atom. The number of rotatable bonds is 22. The number of Topliss-reactive ketones (excluding diaryl/α,β-unsaturated/α-hetero) is 1. The second kappa shape index (κ2) is 21.2. The van der Waals surface area contributed by atoms with Crippen molar-refractivity contribution in [2.45, 2.75) is 117 Å². The summed E-state index contributed by atoms with van der Waals surface area (Å²) in [6, 6.07) is 0. The van der Waals surface area contributed by atoms with E-state index < -0.39 is 0 Å². The Hall–Kier alpha value is -1.04. The quantitative estimate of drug-likeness (QED) is 0.108. The molecule has 0 amide bonds. The molecule has 0 radical (unpaired) electrons. The zero-order valence-electron chi connectivity index (χ0n) is 19.8. The summed E-state index contributed by atoms with van der Waals surface area (Å²) in [5.41, 5.74) is 0. The fraction of sp³-hybridized carbons (Fsp3) is 0.917. The number of esters is 1. The summed E-state index contributed by atoms with van der Waals surface area (Å²) in [5, 5.41) is 1.39. The standard InChI is InChI=1S/C24H46N2O3S/c1-4-7-10-13-16-19-29-24(28)21-26(25-30)20-23(27)22(17-14-11-8-5-2)18-15-12-9-6-3/h22H,4-21H2,1-3H3. The topological polar surface area (TPSA) is 59.0 Å². The molecule has 0 aliphatic carbocycles. The van der Waals surface area contributed by atoms with Crippen molar-refractivity contribution < 1.29 is 14.3 Å². The maximum Gasteiger partial charge on any atom is 0.327 e. The largest absolute Gasteiger partial charge is 0.464 e.